The van der Waals surface area contributed by atoms with E-state index in [4.69, 9.17) is 28.9 Å². The molecule has 0 aromatic carbocycles. The first-order valence-electron chi connectivity index (χ1n) is 2.73. The number of aromatic amines is 1. The Kier molecular flexibility index (Phi) is 2.26. The van der Waals surface area contributed by atoms with Crippen molar-refractivity contribution in [3.63, 3.8) is 0 Å². The maximum absolute atomic E-state index is 10.4. The topological polar surface area (TPSA) is 53.1 Å². The fraction of sp³-hybridized carbons (Fsp3) is 0. The molecule has 0 spiro atoms. The first-order valence-corrected chi connectivity index (χ1v) is 3.52. The van der Waals surface area contributed by atoms with Crippen molar-refractivity contribution < 1.29 is 9.90 Å². The van der Waals surface area contributed by atoms with E-state index in [0.29, 0.717) is 4.64 Å². The number of nitrogens with one attached hydrogen (secondary N) is 1. The Morgan fingerprint density at radius 2 is 2.27 bits per heavy atom. The van der Waals surface area contributed by atoms with E-state index >= 15 is 0 Å². The number of halogens is 1. The maximum Gasteiger partial charge on any atom is 0.353 e. The van der Waals surface area contributed by atoms with E-state index in [1.165, 1.54) is 12.1 Å². The van der Waals surface area contributed by atoms with E-state index in [9.17, 15) is 4.79 Å². The van der Waals surface area contributed by atoms with E-state index in [1.54, 1.807) is 0 Å². The molecule has 0 saturated carbocycles. The van der Waals surface area contributed by atoms with E-state index in [-0.39, 0.29) is 10.7 Å². The summed E-state index contributed by atoms with van der Waals surface area (Å²) in [5.74, 6) is -1.11. The van der Waals surface area contributed by atoms with Crippen LogP contribution in [0.1, 0.15) is 10.5 Å². The van der Waals surface area contributed by atoms with Crippen LogP contribution in [-0.4, -0.2) is 16.1 Å². The van der Waals surface area contributed by atoms with Crippen LogP contribution in [0, 0.1) is 4.64 Å². The summed E-state index contributed by atoms with van der Waals surface area (Å²) in [6, 6.07) is 2.98. The lowest BCUT2D eigenvalue weighted by atomic mass is 10.3. The molecule has 11 heavy (non-hydrogen) atoms. The standard InChI is InChI=1S/C6H4ClNO2S/c7-3-1-2-4(11)8-5(3)6(9)10/h1-2H,(H,8,11)(H,9,10). The van der Waals surface area contributed by atoms with Gasteiger partial charge in [-0.3, -0.25) is 0 Å². The summed E-state index contributed by atoms with van der Waals surface area (Å²) in [5, 5.41) is 8.69. The average molecular weight is 190 g/mol. The van der Waals surface area contributed by atoms with Crippen molar-refractivity contribution in [1.82, 2.24) is 4.98 Å². The summed E-state index contributed by atoms with van der Waals surface area (Å²) in [4.78, 5) is 12.9. The van der Waals surface area contributed by atoms with Crippen molar-refractivity contribution in [2.45, 2.75) is 0 Å². The van der Waals surface area contributed by atoms with E-state index in [1.807, 2.05) is 0 Å². The minimum absolute atomic E-state index is 0.0702. The number of carboxylic acid groups (broad SMARTS) is 1. The quantitative estimate of drug-likeness (QED) is 0.666. The van der Waals surface area contributed by atoms with Gasteiger partial charge in [-0.25, -0.2) is 4.79 Å². The molecule has 0 aliphatic carbocycles. The van der Waals surface area contributed by atoms with E-state index < -0.39 is 5.97 Å². The molecule has 58 valence electrons. The highest BCUT2D eigenvalue weighted by Gasteiger charge is 2.06. The molecule has 0 aliphatic rings. The zero-order chi connectivity index (χ0) is 8.43. The van der Waals surface area contributed by atoms with Gasteiger partial charge in [0.15, 0.2) is 0 Å². The van der Waals surface area contributed by atoms with Crippen LogP contribution in [0.2, 0.25) is 5.02 Å². The molecule has 3 nitrogen and oxygen atoms in total. The lowest BCUT2D eigenvalue weighted by Gasteiger charge is -1.96. The van der Waals surface area contributed by atoms with Crippen molar-refractivity contribution in [2.75, 3.05) is 0 Å². The van der Waals surface area contributed by atoms with Crippen molar-refractivity contribution in [2.24, 2.45) is 0 Å². The van der Waals surface area contributed by atoms with Crippen LogP contribution in [0.4, 0.5) is 0 Å². The third-order valence-corrected chi connectivity index (χ3v) is 1.64. The summed E-state index contributed by atoms with van der Waals surface area (Å²) >= 11 is 10.2. The molecule has 1 heterocycles. The van der Waals surface area contributed by atoms with Crippen LogP contribution in [-0.2, 0) is 0 Å². The molecule has 1 aromatic rings. The third-order valence-electron chi connectivity index (χ3n) is 1.08. The fourth-order valence-electron chi connectivity index (χ4n) is 0.612. The van der Waals surface area contributed by atoms with Crippen LogP contribution < -0.4 is 0 Å². The average Bonchev–Trinajstić information content (AvgIpc) is 1.94. The predicted octanol–water partition coefficient (Wildman–Crippen LogP) is 2.10. The summed E-state index contributed by atoms with van der Waals surface area (Å²) in [7, 11) is 0. The van der Waals surface area contributed by atoms with Gasteiger partial charge < -0.3 is 10.1 Å². The second kappa shape index (κ2) is 3.02. The number of pyridine rings is 1. The largest absolute Gasteiger partial charge is 0.477 e. The van der Waals surface area contributed by atoms with Gasteiger partial charge in [0, 0.05) is 0 Å². The Hall–Kier alpha value is -0.870. The molecule has 0 radical (unpaired) electrons. The van der Waals surface area contributed by atoms with Gasteiger partial charge in [-0.05, 0) is 12.1 Å². The molecular formula is C6H4ClNO2S. The molecule has 1 rings (SSSR count). The molecule has 0 bridgehead atoms. The summed E-state index contributed by atoms with van der Waals surface area (Å²) < 4.78 is 0.354. The molecule has 5 heteroatoms. The van der Waals surface area contributed by atoms with Crippen LogP contribution >= 0.6 is 23.8 Å². The van der Waals surface area contributed by atoms with Crippen molar-refractivity contribution in [3.8, 4) is 0 Å². The number of H-pyrrole nitrogens is 1. The van der Waals surface area contributed by atoms with Crippen LogP contribution in [0.25, 0.3) is 0 Å². The fourth-order valence-corrected chi connectivity index (χ4v) is 0.974. The predicted molar refractivity (Wildman–Crippen MR) is 43.6 cm³/mol. The van der Waals surface area contributed by atoms with Gasteiger partial charge in [0.05, 0.1) is 5.02 Å². The third kappa shape index (κ3) is 1.78. The van der Waals surface area contributed by atoms with Crippen molar-refractivity contribution in [3.05, 3.63) is 27.5 Å². The molecule has 1 aromatic heterocycles. The van der Waals surface area contributed by atoms with Gasteiger partial charge in [0.1, 0.15) is 10.3 Å². The molecule has 0 aliphatic heterocycles. The number of hydrogen-bond acceptors (Lipinski definition) is 2. The lowest BCUT2D eigenvalue weighted by molar-refractivity contribution is 0.0690. The molecule has 2 N–H and O–H groups in total. The van der Waals surface area contributed by atoms with Crippen molar-refractivity contribution >= 4 is 29.8 Å². The summed E-state index contributed by atoms with van der Waals surface area (Å²) in [5.41, 5.74) is -0.0702. The number of aromatic carboxylic acids is 1. The Balaban J connectivity index is 3.35. The summed E-state index contributed by atoms with van der Waals surface area (Å²) in [6.45, 7) is 0. The van der Waals surface area contributed by atoms with Gasteiger partial charge in [-0.15, -0.1) is 0 Å². The SMILES string of the molecule is O=C(O)c1[nH]c(=S)ccc1Cl. The van der Waals surface area contributed by atoms with E-state index in [2.05, 4.69) is 4.98 Å². The molecule has 0 unspecified atom stereocenters. The number of carbonyl (C=O) groups is 1. The van der Waals surface area contributed by atoms with Gasteiger partial charge in [-0.2, -0.15) is 0 Å². The van der Waals surface area contributed by atoms with Crippen molar-refractivity contribution in [1.29, 1.82) is 0 Å². The van der Waals surface area contributed by atoms with Gasteiger partial charge in [0.2, 0.25) is 0 Å². The molecule has 0 amide bonds. The molecular weight excluding hydrogens is 186 g/mol. The van der Waals surface area contributed by atoms with Gasteiger partial charge in [0.25, 0.3) is 0 Å². The smallest absolute Gasteiger partial charge is 0.353 e. The second-order valence-corrected chi connectivity index (χ2v) is 2.70. The Labute approximate surface area is 72.6 Å². The van der Waals surface area contributed by atoms with Crippen LogP contribution in [0.5, 0.6) is 0 Å². The first-order chi connectivity index (χ1) is 5.11. The first kappa shape index (κ1) is 8.23. The number of hydrogen-bond donors (Lipinski definition) is 2. The second-order valence-electron chi connectivity index (χ2n) is 1.85. The zero-order valence-corrected chi connectivity index (χ0v) is 6.87. The van der Waals surface area contributed by atoms with Crippen LogP contribution in [0.3, 0.4) is 0 Å². The number of carboxylic acids is 1. The van der Waals surface area contributed by atoms with Crippen LogP contribution in [0.15, 0.2) is 12.1 Å². The number of rotatable bonds is 1. The summed E-state index contributed by atoms with van der Waals surface area (Å²) in [6.07, 6.45) is 0. The highest BCUT2D eigenvalue weighted by molar-refractivity contribution is 7.71. The monoisotopic (exact) mass is 189 g/mol. The van der Waals surface area contributed by atoms with E-state index in [0.717, 1.165) is 0 Å². The Bertz CT molecular complexity index is 347. The Morgan fingerprint density at radius 1 is 1.64 bits per heavy atom. The Morgan fingerprint density at radius 3 is 2.73 bits per heavy atom. The zero-order valence-electron chi connectivity index (χ0n) is 5.30. The highest BCUT2D eigenvalue weighted by Crippen LogP contribution is 2.11. The molecule has 0 fully saturated rings. The lowest BCUT2D eigenvalue weighted by Crippen LogP contribution is -2.00. The highest BCUT2D eigenvalue weighted by atomic mass is 35.5. The maximum atomic E-state index is 10.4. The van der Waals surface area contributed by atoms with Gasteiger partial charge >= 0.3 is 5.97 Å². The minimum atomic E-state index is -1.11. The molecule has 0 atom stereocenters. The number of aromatic nitrogens is 1. The minimum Gasteiger partial charge on any atom is -0.477 e. The molecule has 0 saturated heterocycles. The normalized spacial score (nSPS) is 9.55. The van der Waals surface area contributed by atoms with Gasteiger partial charge in [-0.1, -0.05) is 23.8 Å².